The number of nitrogens with zero attached hydrogens (tertiary/aromatic N) is 3. The summed E-state index contributed by atoms with van der Waals surface area (Å²) in [5, 5.41) is 0.687. The zero-order valence-electron chi connectivity index (χ0n) is 16.4. The van der Waals surface area contributed by atoms with Crippen LogP contribution >= 0.6 is 11.8 Å². The van der Waals surface area contributed by atoms with Crippen LogP contribution in [0.2, 0.25) is 0 Å². The molecule has 0 N–H and O–H groups in total. The second-order valence-corrected chi connectivity index (χ2v) is 7.37. The summed E-state index contributed by atoms with van der Waals surface area (Å²) >= 11 is 1.10. The highest BCUT2D eigenvalue weighted by molar-refractivity contribution is 7.99. The van der Waals surface area contributed by atoms with Crippen molar-refractivity contribution < 1.29 is 18.7 Å². The first-order valence-corrected chi connectivity index (χ1v) is 9.86. The molecule has 0 unspecified atom stereocenters. The lowest BCUT2D eigenvalue weighted by molar-refractivity contribution is -0.141. The lowest BCUT2D eigenvalue weighted by atomic mass is 10.2. The molecule has 0 saturated carbocycles. The molecule has 0 bridgehead atoms. The van der Waals surface area contributed by atoms with Gasteiger partial charge in [0.25, 0.3) is 5.56 Å². The Labute approximate surface area is 171 Å². The monoisotopic (exact) mass is 415 g/mol. The molecule has 0 spiro atoms. The Morgan fingerprint density at radius 2 is 2.00 bits per heavy atom. The van der Waals surface area contributed by atoms with E-state index in [4.69, 9.17) is 4.42 Å². The van der Waals surface area contributed by atoms with Crippen LogP contribution < -0.4 is 5.56 Å². The second kappa shape index (κ2) is 8.95. The number of benzene rings is 1. The first kappa shape index (κ1) is 20.7. The second-order valence-electron chi connectivity index (χ2n) is 6.43. The minimum Gasteiger partial charge on any atom is -0.468 e. The van der Waals surface area contributed by atoms with E-state index in [0.717, 1.165) is 17.5 Å². The van der Waals surface area contributed by atoms with Crippen LogP contribution in [-0.4, -0.2) is 46.2 Å². The van der Waals surface area contributed by atoms with E-state index >= 15 is 0 Å². The third-order valence-electron chi connectivity index (χ3n) is 4.28. The van der Waals surface area contributed by atoms with Gasteiger partial charge in [0.05, 0.1) is 30.3 Å². The van der Waals surface area contributed by atoms with Gasteiger partial charge in [-0.15, -0.1) is 0 Å². The van der Waals surface area contributed by atoms with E-state index in [-0.39, 0.29) is 28.9 Å². The summed E-state index contributed by atoms with van der Waals surface area (Å²) in [4.78, 5) is 43.1. The Kier molecular flexibility index (Phi) is 6.38. The molecule has 29 heavy (non-hydrogen) atoms. The molecular weight excluding hydrogens is 394 g/mol. The molecule has 9 heteroatoms. The molecule has 0 aliphatic heterocycles. The fourth-order valence-corrected chi connectivity index (χ4v) is 3.66. The molecule has 3 rings (SSSR count). The van der Waals surface area contributed by atoms with Gasteiger partial charge in [0.2, 0.25) is 5.91 Å². The van der Waals surface area contributed by atoms with Crippen molar-refractivity contribution in [2.75, 3.05) is 19.9 Å². The molecule has 0 fully saturated rings. The standard InChI is InChI=1S/C20H21N3O5S/c1-13-8-9-14(28-13)10-22(2)17(24)12-29-20-21-16-7-5-4-6-15(16)19(26)23(20)11-18(25)27-3/h4-9H,10-12H2,1-3H3. The summed E-state index contributed by atoms with van der Waals surface area (Å²) in [5.74, 6) is 0.804. The zero-order chi connectivity index (χ0) is 21.0. The third kappa shape index (κ3) is 4.86. The number of carbonyl (C=O) groups excluding carboxylic acids is 2. The average molecular weight is 415 g/mol. The number of fused-ring (bicyclic) bond motifs is 1. The number of aryl methyl sites for hydroxylation is 1. The van der Waals surface area contributed by atoms with Gasteiger partial charge >= 0.3 is 5.97 Å². The molecule has 0 aliphatic carbocycles. The molecule has 2 aromatic heterocycles. The lowest BCUT2D eigenvalue weighted by Gasteiger charge is -2.16. The zero-order valence-corrected chi connectivity index (χ0v) is 17.2. The molecule has 0 atom stereocenters. The first-order valence-electron chi connectivity index (χ1n) is 8.87. The van der Waals surface area contributed by atoms with Crippen molar-refractivity contribution in [2.45, 2.75) is 25.2 Å². The number of thioether (sulfide) groups is 1. The minimum atomic E-state index is -0.567. The predicted octanol–water partition coefficient (Wildman–Crippen LogP) is 2.22. The van der Waals surface area contributed by atoms with Crippen LogP contribution in [0.15, 0.2) is 50.8 Å². The number of aromatic nitrogens is 2. The maximum Gasteiger partial charge on any atom is 0.325 e. The van der Waals surface area contributed by atoms with Crippen molar-refractivity contribution in [2.24, 2.45) is 0 Å². The average Bonchev–Trinajstić information content (AvgIpc) is 3.12. The van der Waals surface area contributed by atoms with Crippen molar-refractivity contribution >= 4 is 34.5 Å². The Morgan fingerprint density at radius 3 is 2.69 bits per heavy atom. The molecule has 1 aromatic carbocycles. The van der Waals surface area contributed by atoms with Gasteiger partial charge in [0.15, 0.2) is 5.16 Å². The van der Waals surface area contributed by atoms with Gasteiger partial charge in [-0.3, -0.25) is 19.0 Å². The normalized spacial score (nSPS) is 10.9. The highest BCUT2D eigenvalue weighted by atomic mass is 32.2. The fourth-order valence-electron chi connectivity index (χ4n) is 2.72. The first-order chi connectivity index (χ1) is 13.9. The van der Waals surface area contributed by atoms with Crippen molar-refractivity contribution in [3.8, 4) is 0 Å². The number of furan rings is 1. The summed E-state index contributed by atoms with van der Waals surface area (Å²) in [6, 6.07) is 10.5. The van der Waals surface area contributed by atoms with Gasteiger partial charge in [-0.2, -0.15) is 0 Å². The number of carbonyl (C=O) groups is 2. The van der Waals surface area contributed by atoms with Gasteiger partial charge in [-0.05, 0) is 31.2 Å². The van der Waals surface area contributed by atoms with Gasteiger partial charge < -0.3 is 14.1 Å². The Morgan fingerprint density at radius 1 is 1.24 bits per heavy atom. The highest BCUT2D eigenvalue weighted by Crippen LogP contribution is 2.19. The summed E-state index contributed by atoms with van der Waals surface area (Å²) in [6.45, 7) is 1.91. The van der Waals surface area contributed by atoms with E-state index in [1.165, 1.54) is 16.6 Å². The van der Waals surface area contributed by atoms with Crippen LogP contribution in [0.3, 0.4) is 0 Å². The fraction of sp³-hybridized carbons (Fsp3) is 0.300. The van der Waals surface area contributed by atoms with E-state index in [1.54, 1.807) is 31.3 Å². The van der Waals surface area contributed by atoms with Gasteiger partial charge in [0.1, 0.15) is 18.1 Å². The molecule has 0 aliphatic rings. The molecular formula is C20H21N3O5S. The number of ether oxygens (including phenoxy) is 1. The molecule has 0 saturated heterocycles. The van der Waals surface area contributed by atoms with Crippen LogP contribution in [0.25, 0.3) is 10.9 Å². The molecule has 2 heterocycles. The van der Waals surface area contributed by atoms with E-state index in [0.29, 0.717) is 23.2 Å². The van der Waals surface area contributed by atoms with Crippen molar-refractivity contribution in [3.63, 3.8) is 0 Å². The topological polar surface area (TPSA) is 94.6 Å². The van der Waals surface area contributed by atoms with Crippen LogP contribution in [0, 0.1) is 6.92 Å². The van der Waals surface area contributed by atoms with Gasteiger partial charge in [-0.1, -0.05) is 23.9 Å². The summed E-state index contributed by atoms with van der Waals surface area (Å²) in [6.07, 6.45) is 0. The van der Waals surface area contributed by atoms with E-state index in [2.05, 4.69) is 9.72 Å². The SMILES string of the molecule is COC(=O)Cn1c(SCC(=O)N(C)Cc2ccc(C)o2)nc2ccccc2c1=O. The Bertz CT molecular complexity index is 1100. The molecule has 152 valence electrons. The Hall–Kier alpha value is -3.07. The molecule has 0 radical (unpaired) electrons. The molecule has 1 amide bonds. The number of rotatable bonds is 7. The van der Waals surface area contributed by atoms with Gasteiger partial charge in [-0.25, -0.2) is 4.98 Å². The maximum atomic E-state index is 12.8. The number of hydrogen-bond donors (Lipinski definition) is 0. The number of para-hydroxylation sites is 1. The Balaban J connectivity index is 1.80. The largest absolute Gasteiger partial charge is 0.468 e. The maximum absolute atomic E-state index is 12.8. The number of esters is 1. The van der Waals surface area contributed by atoms with E-state index < -0.39 is 5.97 Å². The van der Waals surface area contributed by atoms with Crippen LogP contribution in [0.4, 0.5) is 0 Å². The number of hydrogen-bond acceptors (Lipinski definition) is 7. The number of amides is 1. The van der Waals surface area contributed by atoms with Crippen molar-refractivity contribution in [3.05, 3.63) is 58.3 Å². The van der Waals surface area contributed by atoms with Crippen molar-refractivity contribution in [1.29, 1.82) is 0 Å². The quantitative estimate of drug-likeness (QED) is 0.332. The third-order valence-corrected chi connectivity index (χ3v) is 5.24. The highest BCUT2D eigenvalue weighted by Gasteiger charge is 2.17. The van der Waals surface area contributed by atoms with Gasteiger partial charge in [0, 0.05) is 7.05 Å². The summed E-state index contributed by atoms with van der Waals surface area (Å²) < 4.78 is 11.4. The van der Waals surface area contributed by atoms with Crippen molar-refractivity contribution in [1.82, 2.24) is 14.5 Å². The van der Waals surface area contributed by atoms with Crippen LogP contribution in [-0.2, 0) is 27.4 Å². The summed E-state index contributed by atoms with van der Waals surface area (Å²) in [5.41, 5.74) is 0.156. The molecule has 3 aromatic rings. The van der Waals surface area contributed by atoms with Crippen LogP contribution in [0.5, 0.6) is 0 Å². The summed E-state index contributed by atoms with van der Waals surface area (Å²) in [7, 11) is 2.93. The molecule has 8 nitrogen and oxygen atoms in total. The van der Waals surface area contributed by atoms with E-state index in [1.807, 2.05) is 19.1 Å². The smallest absolute Gasteiger partial charge is 0.325 e. The van der Waals surface area contributed by atoms with E-state index in [9.17, 15) is 14.4 Å². The minimum absolute atomic E-state index is 0.0577. The van der Waals surface area contributed by atoms with Crippen LogP contribution in [0.1, 0.15) is 11.5 Å². The predicted molar refractivity (Wildman–Crippen MR) is 109 cm³/mol. The number of methoxy groups -OCH3 is 1. The lowest BCUT2D eigenvalue weighted by Crippen LogP contribution is -2.30.